The van der Waals surface area contributed by atoms with Crippen LogP contribution in [-0.4, -0.2) is 40.9 Å². The second-order valence-electron chi connectivity index (χ2n) is 5.92. The van der Waals surface area contributed by atoms with Gasteiger partial charge in [0.1, 0.15) is 6.10 Å². The number of alkyl halides is 1. The van der Waals surface area contributed by atoms with E-state index in [0.717, 1.165) is 5.56 Å². The van der Waals surface area contributed by atoms with E-state index < -0.39 is 18.4 Å². The molecule has 0 amide bonds. The van der Waals surface area contributed by atoms with Crippen LogP contribution in [0.1, 0.15) is 30.3 Å². The molecule has 0 radical (unpaired) electrons. The zero-order valence-corrected chi connectivity index (χ0v) is 13.5. The van der Waals surface area contributed by atoms with Gasteiger partial charge in [0.15, 0.2) is 6.17 Å². The largest absolute Gasteiger partial charge is 0.388 e. The molecule has 0 aliphatic heterocycles. The maximum Gasteiger partial charge on any atom is 0.152 e. The Morgan fingerprint density at radius 1 is 0.913 bits per heavy atom. The van der Waals surface area contributed by atoms with Crippen molar-refractivity contribution >= 4 is 0 Å². The normalized spacial score (nSPS) is 16.8. The third kappa shape index (κ3) is 4.61. The molecule has 0 spiro atoms. The Morgan fingerprint density at radius 2 is 1.39 bits per heavy atom. The third-order valence-electron chi connectivity index (χ3n) is 4.22. The summed E-state index contributed by atoms with van der Waals surface area (Å²) in [7, 11) is 1.78. The van der Waals surface area contributed by atoms with Crippen LogP contribution in [0.5, 0.6) is 0 Å². The third-order valence-corrected chi connectivity index (χ3v) is 4.22. The van der Waals surface area contributed by atoms with Gasteiger partial charge in [-0.1, -0.05) is 60.7 Å². The average Bonchev–Trinajstić information content (AvgIpc) is 2.61. The van der Waals surface area contributed by atoms with Crippen LogP contribution in [-0.2, 0) is 0 Å². The number of nitrogens with zero attached hydrogens (tertiary/aromatic N) is 1. The zero-order chi connectivity index (χ0) is 16.8. The Bertz CT molecular complexity index is 578. The van der Waals surface area contributed by atoms with E-state index in [4.69, 9.17) is 0 Å². The summed E-state index contributed by atoms with van der Waals surface area (Å²) in [6, 6.07) is 17.7. The van der Waals surface area contributed by atoms with Crippen LogP contribution in [0.25, 0.3) is 0 Å². The van der Waals surface area contributed by atoms with E-state index in [9.17, 15) is 14.6 Å². The summed E-state index contributed by atoms with van der Waals surface area (Å²) in [6.45, 7) is 2.00. The van der Waals surface area contributed by atoms with E-state index in [0.29, 0.717) is 5.56 Å². The molecule has 0 aliphatic carbocycles. The molecule has 3 nitrogen and oxygen atoms in total. The summed E-state index contributed by atoms with van der Waals surface area (Å²) in [4.78, 5) is 1.78. The molecule has 4 atom stereocenters. The molecule has 0 bridgehead atoms. The van der Waals surface area contributed by atoms with Crippen molar-refractivity contribution in [3.05, 3.63) is 71.8 Å². The van der Waals surface area contributed by atoms with E-state index in [1.807, 2.05) is 43.3 Å². The molecule has 0 aromatic heterocycles. The minimum Gasteiger partial charge on any atom is -0.388 e. The van der Waals surface area contributed by atoms with Gasteiger partial charge in [0.2, 0.25) is 0 Å². The number of likely N-dealkylation sites (N-methyl/N-ethyl adjacent to an activating group) is 1. The summed E-state index contributed by atoms with van der Waals surface area (Å²) >= 11 is 0. The average molecular weight is 317 g/mol. The highest BCUT2D eigenvalue weighted by atomic mass is 19.1. The van der Waals surface area contributed by atoms with Crippen molar-refractivity contribution in [3.63, 3.8) is 0 Å². The molecule has 0 saturated heterocycles. The lowest BCUT2D eigenvalue weighted by Crippen LogP contribution is -2.40. The SMILES string of the molecule is C[C@@H]([C@H](O)c1ccccc1)N(C)C[C@H](O)[C@H](F)c1ccccc1. The first-order valence-electron chi connectivity index (χ1n) is 7.81. The van der Waals surface area contributed by atoms with Gasteiger partial charge in [0, 0.05) is 12.6 Å². The van der Waals surface area contributed by atoms with Crippen molar-refractivity contribution in [2.75, 3.05) is 13.6 Å². The Morgan fingerprint density at radius 3 is 1.91 bits per heavy atom. The molecule has 2 aromatic rings. The van der Waals surface area contributed by atoms with Crippen LogP contribution >= 0.6 is 0 Å². The van der Waals surface area contributed by atoms with Crippen molar-refractivity contribution in [2.24, 2.45) is 0 Å². The molecular formula is C19H24FNO2. The van der Waals surface area contributed by atoms with Gasteiger partial charge in [-0.3, -0.25) is 4.90 Å². The van der Waals surface area contributed by atoms with E-state index in [2.05, 4.69) is 0 Å². The van der Waals surface area contributed by atoms with E-state index in [-0.39, 0.29) is 12.6 Å². The lowest BCUT2D eigenvalue weighted by Gasteiger charge is -2.31. The first-order valence-corrected chi connectivity index (χ1v) is 7.81. The van der Waals surface area contributed by atoms with Gasteiger partial charge in [-0.05, 0) is 25.1 Å². The molecule has 0 fully saturated rings. The zero-order valence-electron chi connectivity index (χ0n) is 13.5. The van der Waals surface area contributed by atoms with Crippen LogP contribution in [0.15, 0.2) is 60.7 Å². The molecule has 23 heavy (non-hydrogen) atoms. The van der Waals surface area contributed by atoms with Gasteiger partial charge in [-0.2, -0.15) is 0 Å². The number of rotatable bonds is 7. The maximum atomic E-state index is 14.3. The van der Waals surface area contributed by atoms with Gasteiger partial charge in [-0.25, -0.2) is 4.39 Å². The molecule has 0 heterocycles. The summed E-state index contributed by atoms with van der Waals surface area (Å²) in [5.74, 6) is 0. The smallest absolute Gasteiger partial charge is 0.152 e. The Hall–Kier alpha value is -1.75. The molecule has 0 saturated carbocycles. The number of benzene rings is 2. The van der Waals surface area contributed by atoms with Crippen molar-refractivity contribution in [3.8, 4) is 0 Å². The van der Waals surface area contributed by atoms with Crippen LogP contribution in [0, 0.1) is 0 Å². The minimum absolute atomic E-state index is 0.140. The highest BCUT2D eigenvalue weighted by molar-refractivity contribution is 5.19. The highest BCUT2D eigenvalue weighted by Gasteiger charge is 2.26. The van der Waals surface area contributed by atoms with E-state index >= 15 is 0 Å². The Labute approximate surface area is 137 Å². The number of hydrogen-bond acceptors (Lipinski definition) is 3. The molecule has 0 unspecified atom stereocenters. The molecule has 2 aromatic carbocycles. The fraction of sp³-hybridized carbons (Fsp3) is 0.368. The monoisotopic (exact) mass is 317 g/mol. The van der Waals surface area contributed by atoms with Crippen LogP contribution in [0.2, 0.25) is 0 Å². The Balaban J connectivity index is 1.96. The topological polar surface area (TPSA) is 43.7 Å². The lowest BCUT2D eigenvalue weighted by molar-refractivity contribution is 0.0112. The summed E-state index contributed by atoms with van der Waals surface area (Å²) in [5.41, 5.74) is 1.27. The molecular weight excluding hydrogens is 293 g/mol. The van der Waals surface area contributed by atoms with Crippen LogP contribution in [0.3, 0.4) is 0 Å². The van der Waals surface area contributed by atoms with Crippen LogP contribution < -0.4 is 0 Å². The van der Waals surface area contributed by atoms with Crippen molar-refractivity contribution in [2.45, 2.75) is 31.3 Å². The van der Waals surface area contributed by atoms with Crippen molar-refractivity contribution in [1.29, 1.82) is 0 Å². The van der Waals surface area contributed by atoms with Gasteiger partial charge in [0.25, 0.3) is 0 Å². The maximum absolute atomic E-state index is 14.3. The summed E-state index contributed by atoms with van der Waals surface area (Å²) < 4.78 is 14.3. The standard InChI is InChI=1S/C19H24FNO2/c1-14(19(23)16-11-7-4-8-12-16)21(2)13-17(22)18(20)15-9-5-3-6-10-15/h3-12,14,17-19,22-23H,13H2,1-2H3/t14-,17-,18+,19-/m0/s1. The predicted molar refractivity (Wildman–Crippen MR) is 89.8 cm³/mol. The number of halogens is 1. The van der Waals surface area contributed by atoms with Gasteiger partial charge in [-0.15, -0.1) is 0 Å². The van der Waals surface area contributed by atoms with Crippen molar-refractivity contribution in [1.82, 2.24) is 4.90 Å². The van der Waals surface area contributed by atoms with Crippen molar-refractivity contribution < 1.29 is 14.6 Å². The summed E-state index contributed by atoms with van der Waals surface area (Å²) in [6.07, 6.45) is -3.28. The number of aliphatic hydroxyl groups is 2. The first kappa shape index (κ1) is 17.6. The molecule has 2 N–H and O–H groups in total. The molecule has 0 aliphatic rings. The number of hydrogen-bond donors (Lipinski definition) is 2. The fourth-order valence-electron chi connectivity index (χ4n) is 2.58. The lowest BCUT2D eigenvalue weighted by atomic mass is 10.0. The fourth-order valence-corrected chi connectivity index (χ4v) is 2.58. The van der Waals surface area contributed by atoms with Crippen LogP contribution in [0.4, 0.5) is 4.39 Å². The quantitative estimate of drug-likeness (QED) is 0.825. The van der Waals surface area contributed by atoms with Gasteiger partial charge < -0.3 is 10.2 Å². The highest BCUT2D eigenvalue weighted by Crippen LogP contribution is 2.24. The Kier molecular flexibility index (Phi) is 6.28. The summed E-state index contributed by atoms with van der Waals surface area (Å²) in [5, 5.41) is 20.6. The van der Waals surface area contributed by atoms with E-state index in [1.165, 1.54) is 0 Å². The van der Waals surface area contributed by atoms with Gasteiger partial charge >= 0.3 is 0 Å². The number of aliphatic hydroxyl groups excluding tert-OH is 2. The molecule has 2 rings (SSSR count). The predicted octanol–water partition coefficient (Wildman–Crippen LogP) is 3.11. The first-order chi connectivity index (χ1) is 11.0. The minimum atomic E-state index is -1.44. The van der Waals surface area contributed by atoms with Gasteiger partial charge in [0.05, 0.1) is 6.10 Å². The van der Waals surface area contributed by atoms with E-state index in [1.54, 1.807) is 36.2 Å². The second kappa shape index (κ2) is 8.20. The molecule has 4 heteroatoms. The molecule has 124 valence electrons. The second-order valence-corrected chi connectivity index (χ2v) is 5.92.